The number of halogens is 3. The van der Waals surface area contributed by atoms with E-state index in [0.29, 0.717) is 37.4 Å². The van der Waals surface area contributed by atoms with Gasteiger partial charge in [0.15, 0.2) is 5.11 Å². The highest BCUT2D eigenvalue weighted by Crippen LogP contribution is 2.44. The molecule has 2 aromatic carbocycles. The maximum Gasteiger partial charge on any atom is 0.174 e. The van der Waals surface area contributed by atoms with E-state index >= 15 is 0 Å². The van der Waals surface area contributed by atoms with Crippen molar-refractivity contribution in [2.75, 3.05) is 12.0 Å². The quantitative estimate of drug-likeness (QED) is 0.264. The van der Waals surface area contributed by atoms with Crippen molar-refractivity contribution in [2.24, 2.45) is 0 Å². The first-order valence-electron chi connectivity index (χ1n) is 10.4. The Morgan fingerprint density at radius 3 is 2.71 bits per heavy atom. The summed E-state index contributed by atoms with van der Waals surface area (Å²) in [6, 6.07) is 18.9. The van der Waals surface area contributed by atoms with Crippen LogP contribution in [0.2, 0.25) is 5.02 Å². The van der Waals surface area contributed by atoms with Crippen molar-refractivity contribution < 1.29 is 13.5 Å². The predicted octanol–water partition coefficient (Wildman–Crippen LogP) is 7.08. The summed E-state index contributed by atoms with van der Waals surface area (Å²) < 4.78 is 26.8. The van der Waals surface area contributed by atoms with Crippen LogP contribution in [0.25, 0.3) is 11.3 Å². The molecule has 172 valence electrons. The standard InChI is InChI=1S/C25H18BrClFN3O2S/c1-32-21-8-6-15(13-17(21)27)31-24(23(30-25(31)34)19-4-2-3-11-29-19)22-10-9-20(33-22)16-7-5-14(26)12-18(16)28/h2-13,23-24H,1H3,(H,30,34)/t23-,24-/m0/s1. The van der Waals surface area contributed by atoms with Crippen LogP contribution in [0.15, 0.2) is 81.8 Å². The van der Waals surface area contributed by atoms with Gasteiger partial charge in [-0.3, -0.25) is 4.98 Å². The Hall–Kier alpha value is -2.94. The number of anilines is 1. The van der Waals surface area contributed by atoms with Crippen LogP contribution in [0.5, 0.6) is 5.75 Å². The number of thiocarbonyl (C=S) groups is 1. The maximum atomic E-state index is 14.6. The molecular weight excluding hydrogens is 541 g/mol. The summed E-state index contributed by atoms with van der Waals surface area (Å²) >= 11 is 15.4. The molecule has 3 heterocycles. The number of aromatic nitrogens is 1. The predicted molar refractivity (Wildman–Crippen MR) is 138 cm³/mol. The molecule has 2 aromatic heterocycles. The highest BCUT2D eigenvalue weighted by Gasteiger charge is 2.42. The molecule has 1 N–H and O–H groups in total. The monoisotopic (exact) mass is 557 g/mol. The molecule has 4 aromatic rings. The summed E-state index contributed by atoms with van der Waals surface area (Å²) in [4.78, 5) is 6.46. The lowest BCUT2D eigenvalue weighted by molar-refractivity contribution is 0.415. The van der Waals surface area contributed by atoms with E-state index in [1.165, 1.54) is 6.07 Å². The first kappa shape index (κ1) is 22.8. The smallest absolute Gasteiger partial charge is 0.174 e. The van der Waals surface area contributed by atoms with Gasteiger partial charge in [0.05, 0.1) is 29.4 Å². The summed E-state index contributed by atoms with van der Waals surface area (Å²) in [6.07, 6.45) is 1.73. The molecular formula is C25H18BrClFN3O2S. The van der Waals surface area contributed by atoms with Crippen molar-refractivity contribution in [1.82, 2.24) is 10.3 Å². The van der Waals surface area contributed by atoms with E-state index < -0.39 is 0 Å². The molecule has 34 heavy (non-hydrogen) atoms. The van der Waals surface area contributed by atoms with E-state index in [-0.39, 0.29) is 17.9 Å². The fourth-order valence-electron chi connectivity index (χ4n) is 4.07. The van der Waals surface area contributed by atoms with Gasteiger partial charge in [0.2, 0.25) is 0 Å². The number of furan rings is 1. The van der Waals surface area contributed by atoms with Gasteiger partial charge in [-0.1, -0.05) is 33.6 Å². The molecule has 5 rings (SSSR count). The average Bonchev–Trinajstić information content (AvgIpc) is 3.44. The number of pyridine rings is 1. The lowest BCUT2D eigenvalue weighted by atomic mass is 10.0. The molecule has 0 aliphatic carbocycles. The SMILES string of the molecule is COc1ccc(N2C(=S)N[C@@H](c3ccccn3)[C@@H]2c2ccc(-c3ccc(Br)cc3F)o2)cc1Cl. The number of hydrogen-bond acceptors (Lipinski definition) is 4. The Kier molecular flexibility index (Phi) is 6.29. The Labute approximate surface area is 214 Å². The molecule has 0 amide bonds. The molecule has 0 saturated carbocycles. The van der Waals surface area contributed by atoms with E-state index in [9.17, 15) is 4.39 Å². The molecule has 0 radical (unpaired) electrons. The van der Waals surface area contributed by atoms with Gasteiger partial charge in [0.25, 0.3) is 0 Å². The van der Waals surface area contributed by atoms with Crippen molar-refractivity contribution in [1.29, 1.82) is 0 Å². The van der Waals surface area contributed by atoms with Crippen molar-refractivity contribution in [2.45, 2.75) is 12.1 Å². The van der Waals surface area contributed by atoms with Gasteiger partial charge in [-0.2, -0.15) is 0 Å². The van der Waals surface area contributed by atoms with Crippen molar-refractivity contribution in [3.8, 4) is 17.1 Å². The van der Waals surface area contributed by atoms with Gasteiger partial charge >= 0.3 is 0 Å². The van der Waals surface area contributed by atoms with Crippen LogP contribution in [0.3, 0.4) is 0 Å². The van der Waals surface area contributed by atoms with Crippen molar-refractivity contribution in [3.63, 3.8) is 0 Å². The summed E-state index contributed by atoms with van der Waals surface area (Å²) in [5, 5.41) is 4.32. The molecule has 5 nitrogen and oxygen atoms in total. The molecule has 1 fully saturated rings. The van der Waals surface area contributed by atoms with Crippen LogP contribution in [-0.4, -0.2) is 17.2 Å². The molecule has 0 bridgehead atoms. The Morgan fingerprint density at radius 1 is 1.15 bits per heavy atom. The highest BCUT2D eigenvalue weighted by molar-refractivity contribution is 9.10. The molecule has 9 heteroatoms. The van der Waals surface area contributed by atoms with E-state index in [1.807, 2.05) is 35.2 Å². The minimum atomic E-state index is -0.390. The highest BCUT2D eigenvalue weighted by atomic mass is 79.9. The van der Waals surface area contributed by atoms with Crippen LogP contribution < -0.4 is 15.0 Å². The Balaban J connectivity index is 1.61. The largest absolute Gasteiger partial charge is 0.495 e. The second-order valence-corrected chi connectivity index (χ2v) is 9.35. The Bertz CT molecular complexity index is 1370. The first-order valence-corrected chi connectivity index (χ1v) is 11.9. The second-order valence-electron chi connectivity index (χ2n) is 7.64. The number of ether oxygens (including phenoxy) is 1. The molecule has 1 aliphatic rings. The number of methoxy groups -OCH3 is 1. The van der Waals surface area contributed by atoms with Crippen molar-refractivity contribution in [3.05, 3.63) is 99.7 Å². The zero-order valence-electron chi connectivity index (χ0n) is 17.8. The summed E-state index contributed by atoms with van der Waals surface area (Å²) in [5.74, 6) is 1.21. The Morgan fingerprint density at radius 2 is 2.00 bits per heavy atom. The maximum absolute atomic E-state index is 14.6. The van der Waals surface area contributed by atoms with Gasteiger partial charge in [-0.25, -0.2) is 4.39 Å². The van der Waals surface area contributed by atoms with Crippen LogP contribution in [-0.2, 0) is 0 Å². The van der Waals surface area contributed by atoms with Crippen LogP contribution >= 0.6 is 39.7 Å². The average molecular weight is 559 g/mol. The molecule has 0 spiro atoms. The van der Waals surface area contributed by atoms with Gasteiger partial charge < -0.3 is 19.4 Å². The van der Waals surface area contributed by atoms with Gasteiger partial charge in [-0.15, -0.1) is 0 Å². The zero-order chi connectivity index (χ0) is 23.8. The molecule has 1 aliphatic heterocycles. The summed E-state index contributed by atoms with van der Waals surface area (Å²) in [5.41, 5.74) is 1.93. The lowest BCUT2D eigenvalue weighted by Crippen LogP contribution is -2.29. The van der Waals surface area contributed by atoms with E-state index in [2.05, 4.69) is 26.2 Å². The first-order chi connectivity index (χ1) is 16.5. The lowest BCUT2D eigenvalue weighted by Gasteiger charge is -2.26. The van der Waals surface area contributed by atoms with E-state index in [0.717, 1.165) is 11.4 Å². The van der Waals surface area contributed by atoms with Gasteiger partial charge in [-0.05, 0) is 72.9 Å². The summed E-state index contributed by atoms with van der Waals surface area (Å²) in [6.45, 7) is 0. The van der Waals surface area contributed by atoms with Crippen LogP contribution in [0.1, 0.15) is 23.5 Å². The van der Waals surface area contributed by atoms with Gasteiger partial charge in [0.1, 0.15) is 29.1 Å². The normalized spacial score (nSPS) is 17.6. The minimum absolute atomic E-state index is 0.302. The number of hydrogen-bond donors (Lipinski definition) is 1. The third-order valence-corrected chi connectivity index (χ3v) is 6.73. The molecule has 2 atom stereocenters. The number of benzene rings is 2. The zero-order valence-corrected chi connectivity index (χ0v) is 21.0. The second kappa shape index (κ2) is 9.37. The van der Waals surface area contributed by atoms with E-state index in [4.69, 9.17) is 33.0 Å². The number of rotatable bonds is 5. The fourth-order valence-corrected chi connectivity index (χ4v) is 5.00. The minimum Gasteiger partial charge on any atom is -0.495 e. The van der Waals surface area contributed by atoms with Crippen LogP contribution in [0.4, 0.5) is 10.1 Å². The molecule has 1 saturated heterocycles. The van der Waals surface area contributed by atoms with Gasteiger partial charge in [0, 0.05) is 16.4 Å². The number of nitrogens with one attached hydrogen (secondary N) is 1. The van der Waals surface area contributed by atoms with Crippen LogP contribution in [0, 0.1) is 5.82 Å². The van der Waals surface area contributed by atoms with E-state index in [1.54, 1.807) is 43.6 Å². The third-order valence-electron chi connectivity index (χ3n) is 5.63. The number of nitrogens with zero attached hydrogens (tertiary/aromatic N) is 2. The summed E-state index contributed by atoms with van der Waals surface area (Å²) in [7, 11) is 1.56. The van der Waals surface area contributed by atoms with Crippen molar-refractivity contribution >= 4 is 50.5 Å². The topological polar surface area (TPSA) is 50.5 Å². The fraction of sp³-hybridized carbons (Fsp3) is 0.120. The third kappa shape index (κ3) is 4.17. The molecule has 0 unspecified atom stereocenters.